The third kappa shape index (κ3) is 7.68. The Morgan fingerprint density at radius 3 is 2.44 bits per heavy atom. The van der Waals surface area contributed by atoms with Crippen LogP contribution in [-0.2, 0) is 21.3 Å². The molecule has 3 heterocycles. The van der Waals surface area contributed by atoms with Gasteiger partial charge in [0.25, 0.3) is 17.4 Å². The van der Waals surface area contributed by atoms with Crippen LogP contribution in [0.3, 0.4) is 0 Å². The van der Waals surface area contributed by atoms with Gasteiger partial charge in [0.2, 0.25) is 5.91 Å². The molecule has 1 atom stereocenters. The summed E-state index contributed by atoms with van der Waals surface area (Å²) in [6.07, 6.45) is 2.83. The van der Waals surface area contributed by atoms with Crippen molar-refractivity contribution < 1.29 is 23.9 Å². The van der Waals surface area contributed by atoms with Crippen molar-refractivity contribution in [2.45, 2.75) is 13.0 Å². The number of nitrogens with zero attached hydrogens (tertiary/aromatic N) is 2. The van der Waals surface area contributed by atoms with Crippen molar-refractivity contribution in [3.63, 3.8) is 0 Å². The van der Waals surface area contributed by atoms with Gasteiger partial charge in [-0.05, 0) is 72.2 Å². The minimum atomic E-state index is -0.470. The molecule has 0 saturated carbocycles. The van der Waals surface area contributed by atoms with Crippen LogP contribution in [0.1, 0.15) is 37.9 Å². The molecule has 3 aromatic carbocycles. The van der Waals surface area contributed by atoms with Crippen molar-refractivity contribution in [2.75, 3.05) is 62.0 Å². The van der Waals surface area contributed by atoms with Gasteiger partial charge in [-0.2, -0.15) is 0 Å². The summed E-state index contributed by atoms with van der Waals surface area (Å²) >= 11 is 0. The molecule has 6 rings (SSSR count). The quantitative estimate of drug-likeness (QED) is 0.188. The lowest BCUT2D eigenvalue weighted by molar-refractivity contribution is -0.111. The maximum Gasteiger partial charge on any atom is 0.274 e. The molecule has 0 aliphatic carbocycles. The van der Waals surface area contributed by atoms with E-state index in [4.69, 9.17) is 9.47 Å². The summed E-state index contributed by atoms with van der Waals surface area (Å²) in [6, 6.07) is 19.7. The van der Waals surface area contributed by atoms with Crippen LogP contribution in [-0.4, -0.2) is 73.2 Å². The van der Waals surface area contributed by atoms with E-state index in [9.17, 15) is 19.2 Å². The number of benzene rings is 3. The van der Waals surface area contributed by atoms with Gasteiger partial charge in [0.1, 0.15) is 5.69 Å². The minimum Gasteiger partial charge on any atom is -0.378 e. The average Bonchev–Trinajstić information content (AvgIpc) is 3.15. The number of pyridine rings is 1. The van der Waals surface area contributed by atoms with Gasteiger partial charge in [-0.1, -0.05) is 30.8 Å². The van der Waals surface area contributed by atoms with Crippen molar-refractivity contribution in [2.24, 2.45) is 7.05 Å². The zero-order valence-corrected chi connectivity index (χ0v) is 28.1. The Hall–Kier alpha value is -5.56. The van der Waals surface area contributed by atoms with Gasteiger partial charge in [-0.3, -0.25) is 19.2 Å². The van der Waals surface area contributed by atoms with Crippen LogP contribution >= 0.6 is 0 Å². The first-order valence-electron chi connectivity index (χ1n) is 16.5. The molecule has 0 radical (unpaired) electrons. The van der Waals surface area contributed by atoms with E-state index >= 15 is 0 Å². The molecule has 12 nitrogen and oxygen atoms in total. The number of aromatic nitrogens is 1. The van der Waals surface area contributed by atoms with E-state index < -0.39 is 5.91 Å². The lowest BCUT2D eigenvalue weighted by atomic mass is 9.99. The van der Waals surface area contributed by atoms with Gasteiger partial charge < -0.3 is 40.2 Å². The highest BCUT2D eigenvalue weighted by molar-refractivity contribution is 6.07. The van der Waals surface area contributed by atoms with Crippen molar-refractivity contribution in [1.82, 2.24) is 14.8 Å². The van der Waals surface area contributed by atoms with Gasteiger partial charge in [0, 0.05) is 61.9 Å². The number of hydrogen-bond donors (Lipinski definition) is 4. The van der Waals surface area contributed by atoms with Gasteiger partial charge in [0.15, 0.2) is 0 Å². The molecule has 0 bridgehead atoms. The molecule has 50 heavy (non-hydrogen) atoms. The van der Waals surface area contributed by atoms with Gasteiger partial charge >= 0.3 is 0 Å². The lowest BCUT2D eigenvalue weighted by Gasteiger charge is -2.27. The number of amides is 3. The number of morpholine rings is 2. The molecular formula is C38H40N6O6. The highest BCUT2D eigenvalue weighted by Gasteiger charge is 2.23. The van der Waals surface area contributed by atoms with Crippen molar-refractivity contribution >= 4 is 40.5 Å². The summed E-state index contributed by atoms with van der Waals surface area (Å²) < 4.78 is 12.7. The Morgan fingerprint density at radius 2 is 1.72 bits per heavy atom. The second kappa shape index (κ2) is 15.3. The number of carbonyl (C=O) groups excluding carboxylic acids is 3. The molecule has 0 spiro atoms. The molecule has 258 valence electrons. The number of anilines is 4. The van der Waals surface area contributed by atoms with E-state index in [1.165, 1.54) is 4.57 Å². The average molecular weight is 677 g/mol. The van der Waals surface area contributed by atoms with E-state index in [0.717, 1.165) is 41.4 Å². The second-order valence-electron chi connectivity index (χ2n) is 12.2. The smallest absolute Gasteiger partial charge is 0.274 e. The van der Waals surface area contributed by atoms with E-state index in [1.54, 1.807) is 54.5 Å². The van der Waals surface area contributed by atoms with Crippen LogP contribution in [0.2, 0.25) is 0 Å². The number of carbonyl (C=O) groups is 3. The fourth-order valence-corrected chi connectivity index (χ4v) is 6.04. The first-order chi connectivity index (χ1) is 24.2. The summed E-state index contributed by atoms with van der Waals surface area (Å²) in [5, 5.41) is 12.3. The van der Waals surface area contributed by atoms with E-state index in [-0.39, 0.29) is 34.9 Å². The van der Waals surface area contributed by atoms with Gasteiger partial charge in [-0.15, -0.1) is 0 Å². The summed E-state index contributed by atoms with van der Waals surface area (Å²) in [5.41, 5.74) is 5.67. The topological polar surface area (TPSA) is 143 Å². The van der Waals surface area contributed by atoms with Crippen molar-refractivity contribution in [3.8, 4) is 11.1 Å². The molecule has 1 aromatic heterocycles. The number of nitrogens with one attached hydrogen (secondary N) is 4. The van der Waals surface area contributed by atoms with Crippen LogP contribution in [0.5, 0.6) is 0 Å². The Bertz CT molecular complexity index is 1980. The number of aryl methyl sites for hydroxylation is 1. The first kappa shape index (κ1) is 34.3. The monoisotopic (exact) mass is 676 g/mol. The third-order valence-corrected chi connectivity index (χ3v) is 8.82. The predicted molar refractivity (Wildman–Crippen MR) is 193 cm³/mol. The SMILES string of the molecule is C=CC(=O)Nc1cc(Nc2cc(-c3cccc(NC(=O)c4ccc(C5CNCCO5)cc4)c3C)cn(C)c2=O)ccc1C(=O)N1CCOCC1. The van der Waals surface area contributed by atoms with E-state index in [2.05, 4.69) is 27.8 Å². The van der Waals surface area contributed by atoms with Crippen LogP contribution in [0.25, 0.3) is 11.1 Å². The minimum absolute atomic E-state index is 0.0369. The summed E-state index contributed by atoms with van der Waals surface area (Å²) in [6.45, 7) is 9.43. The maximum absolute atomic E-state index is 13.3. The molecular weight excluding hydrogens is 636 g/mol. The first-order valence-corrected chi connectivity index (χ1v) is 16.5. The molecule has 4 aromatic rings. The molecule has 2 aliphatic rings. The molecule has 2 fully saturated rings. The Morgan fingerprint density at radius 1 is 0.940 bits per heavy atom. The number of rotatable bonds is 9. The van der Waals surface area contributed by atoms with Gasteiger partial charge in [-0.25, -0.2) is 0 Å². The number of ether oxygens (including phenoxy) is 2. The molecule has 4 N–H and O–H groups in total. The van der Waals surface area contributed by atoms with Crippen LogP contribution in [0.4, 0.5) is 22.7 Å². The maximum atomic E-state index is 13.3. The molecule has 12 heteroatoms. The summed E-state index contributed by atoms with van der Waals surface area (Å²) in [4.78, 5) is 53.9. The normalized spacial score (nSPS) is 16.0. The van der Waals surface area contributed by atoms with E-state index in [0.29, 0.717) is 55.4 Å². The zero-order valence-electron chi connectivity index (χ0n) is 28.1. The Balaban J connectivity index is 1.24. The van der Waals surface area contributed by atoms with Crippen molar-refractivity contribution in [1.29, 1.82) is 0 Å². The highest BCUT2D eigenvalue weighted by Crippen LogP contribution is 2.31. The Kier molecular flexibility index (Phi) is 10.5. The summed E-state index contributed by atoms with van der Waals surface area (Å²) in [7, 11) is 1.66. The van der Waals surface area contributed by atoms with Crippen LogP contribution in [0, 0.1) is 6.92 Å². The zero-order chi connectivity index (χ0) is 35.2. The molecule has 2 saturated heterocycles. The largest absolute Gasteiger partial charge is 0.378 e. The number of hydrogen-bond acceptors (Lipinski definition) is 8. The van der Waals surface area contributed by atoms with Gasteiger partial charge in [0.05, 0.1) is 37.2 Å². The predicted octanol–water partition coefficient (Wildman–Crippen LogP) is 4.61. The van der Waals surface area contributed by atoms with Crippen molar-refractivity contribution in [3.05, 3.63) is 118 Å². The lowest BCUT2D eigenvalue weighted by Crippen LogP contribution is -2.41. The fourth-order valence-electron chi connectivity index (χ4n) is 6.04. The van der Waals surface area contributed by atoms with E-state index in [1.807, 2.05) is 37.3 Å². The molecule has 1 unspecified atom stereocenters. The molecule has 2 aliphatic heterocycles. The molecule has 3 amide bonds. The second-order valence-corrected chi connectivity index (χ2v) is 12.2. The Labute approximate surface area is 290 Å². The fraction of sp³-hybridized carbons (Fsp3) is 0.263. The summed E-state index contributed by atoms with van der Waals surface area (Å²) in [5.74, 6) is -0.942. The third-order valence-electron chi connectivity index (χ3n) is 8.82. The standard InChI is InChI=1S/C38H40N6O6/c1-4-35(45)41-32-21-28(12-13-30(32)37(47)44-15-18-49-19-16-44)40-33-20-27(23-43(3)38(33)48)29-6-5-7-31(24(29)2)42-36(46)26-10-8-25(9-11-26)34-22-39-14-17-50-34/h4-13,20-21,23,34,39-40H,1,14-19,22H2,2-3H3,(H,41,45)(H,42,46). The highest BCUT2D eigenvalue weighted by atomic mass is 16.5. The van der Waals surface area contributed by atoms with Crippen LogP contribution in [0.15, 0.2) is 90.4 Å². The van der Waals surface area contributed by atoms with Crippen LogP contribution < -0.4 is 26.8 Å².